The third kappa shape index (κ3) is 2.00. The molecule has 1 rings (SSSR count). The normalized spacial score (nSPS) is 9.62. The van der Waals surface area contributed by atoms with Gasteiger partial charge in [0.15, 0.2) is 6.07 Å². The Morgan fingerprint density at radius 3 is 2.38 bits per heavy atom. The summed E-state index contributed by atoms with van der Waals surface area (Å²) in [6.45, 7) is 0. The number of nitrogens with zero attached hydrogens (tertiary/aromatic N) is 2. The zero-order valence-electron chi connectivity index (χ0n) is 5.98. The van der Waals surface area contributed by atoms with Crippen LogP contribution in [0.1, 0.15) is 0 Å². The fourth-order valence-corrected chi connectivity index (χ4v) is 0.995. The lowest BCUT2D eigenvalue weighted by Crippen LogP contribution is -1.93. The Labute approximate surface area is 80.6 Å². The van der Waals surface area contributed by atoms with Crippen molar-refractivity contribution in [1.29, 1.82) is 0 Å². The van der Waals surface area contributed by atoms with E-state index in [-0.39, 0.29) is 4.47 Å². The molecule has 0 atom stereocenters. The van der Waals surface area contributed by atoms with Crippen molar-refractivity contribution < 1.29 is 9.85 Å². The van der Waals surface area contributed by atoms with Gasteiger partial charge in [-0.2, -0.15) is 0 Å². The lowest BCUT2D eigenvalue weighted by molar-refractivity contribution is -0.395. The molecule has 66 valence electrons. The lowest BCUT2D eigenvalue weighted by Gasteiger charge is -1.93. The van der Waals surface area contributed by atoms with Gasteiger partial charge in [-0.25, -0.2) is 0 Å². The molecule has 0 aromatic heterocycles. The second-order valence-corrected chi connectivity index (χ2v) is 2.77. The van der Waals surface area contributed by atoms with Crippen LogP contribution < -0.4 is 0 Å². The van der Waals surface area contributed by atoms with Gasteiger partial charge in [0, 0.05) is 12.1 Å². The molecule has 1 aromatic carbocycles. The maximum Gasteiger partial charge on any atom is 0.299 e. The topological polar surface area (TPSA) is 86.3 Å². The maximum absolute atomic E-state index is 10.3. The summed E-state index contributed by atoms with van der Waals surface area (Å²) in [4.78, 5) is 19.0. The minimum absolute atomic E-state index is 0.0445. The van der Waals surface area contributed by atoms with Gasteiger partial charge in [-0.15, -0.1) is 0 Å². The number of hydrogen-bond donors (Lipinski definition) is 0. The highest BCUT2D eigenvalue weighted by atomic mass is 79.9. The van der Waals surface area contributed by atoms with Gasteiger partial charge in [0.25, 0.3) is 11.4 Å². The molecule has 0 aliphatic carbocycles. The standard InChI is InChI=1S/C6HBrN2O4/c7-5-2-1-4(8(10)11)3-6(5)9(12)13/h1H. The first kappa shape index (κ1) is 9.59. The van der Waals surface area contributed by atoms with Crippen LogP contribution in [-0.4, -0.2) is 9.85 Å². The molecule has 0 spiro atoms. The van der Waals surface area contributed by atoms with Crippen molar-refractivity contribution in [2.45, 2.75) is 0 Å². The Balaban J connectivity index is 3.27. The predicted octanol–water partition coefficient (Wildman–Crippen LogP) is 1.87. The highest BCUT2D eigenvalue weighted by molar-refractivity contribution is 9.10. The van der Waals surface area contributed by atoms with E-state index in [2.05, 4.69) is 22.0 Å². The number of nitro benzene ring substituents is 2. The van der Waals surface area contributed by atoms with Gasteiger partial charge in [-0.05, 0) is 15.9 Å². The van der Waals surface area contributed by atoms with Crippen molar-refractivity contribution >= 4 is 27.3 Å². The molecule has 0 saturated carbocycles. The third-order valence-corrected chi connectivity index (χ3v) is 1.77. The Bertz CT molecular complexity index is 379. The van der Waals surface area contributed by atoms with Crippen LogP contribution in [0.2, 0.25) is 0 Å². The summed E-state index contributed by atoms with van der Waals surface area (Å²) in [5.74, 6) is 0. The minimum Gasteiger partial charge on any atom is -0.258 e. The van der Waals surface area contributed by atoms with Crippen molar-refractivity contribution in [2.24, 2.45) is 0 Å². The van der Waals surface area contributed by atoms with Crippen LogP contribution in [0, 0.1) is 32.4 Å². The van der Waals surface area contributed by atoms with E-state index in [1.165, 1.54) is 0 Å². The van der Waals surface area contributed by atoms with Crippen molar-refractivity contribution in [2.75, 3.05) is 0 Å². The van der Waals surface area contributed by atoms with Crippen LogP contribution >= 0.6 is 15.9 Å². The van der Waals surface area contributed by atoms with E-state index in [4.69, 9.17) is 0 Å². The van der Waals surface area contributed by atoms with Crippen molar-refractivity contribution in [3.05, 3.63) is 42.9 Å². The molecule has 0 saturated heterocycles. The first-order valence-electron chi connectivity index (χ1n) is 2.94. The Kier molecular flexibility index (Phi) is 2.57. The summed E-state index contributed by atoms with van der Waals surface area (Å²) in [6.07, 6.45) is 0. The zero-order chi connectivity index (χ0) is 10.0. The lowest BCUT2D eigenvalue weighted by atomic mass is 10.3. The van der Waals surface area contributed by atoms with E-state index in [1.54, 1.807) is 0 Å². The number of hydrogen-bond acceptors (Lipinski definition) is 4. The largest absolute Gasteiger partial charge is 0.299 e. The van der Waals surface area contributed by atoms with Gasteiger partial charge in [0.2, 0.25) is 0 Å². The zero-order valence-corrected chi connectivity index (χ0v) is 7.57. The monoisotopic (exact) mass is 244 g/mol. The molecular weight excluding hydrogens is 244 g/mol. The summed E-state index contributed by atoms with van der Waals surface area (Å²) in [6, 6.07) is 5.38. The predicted molar refractivity (Wildman–Crippen MR) is 45.1 cm³/mol. The highest BCUT2D eigenvalue weighted by Gasteiger charge is 2.18. The Hall–Kier alpha value is -1.50. The van der Waals surface area contributed by atoms with Crippen LogP contribution in [0.15, 0.2) is 10.5 Å². The average Bonchev–Trinajstić information content (AvgIpc) is 2.04. The summed E-state index contributed by atoms with van der Waals surface area (Å²) < 4.78 is 0.0445. The van der Waals surface area contributed by atoms with Gasteiger partial charge in [0.1, 0.15) is 4.47 Å². The Morgan fingerprint density at radius 2 is 1.92 bits per heavy atom. The van der Waals surface area contributed by atoms with Gasteiger partial charge in [-0.3, -0.25) is 20.2 Å². The molecule has 0 heterocycles. The summed E-state index contributed by atoms with van der Waals surface area (Å²) in [5.41, 5.74) is -0.968. The number of halogens is 1. The molecule has 0 bridgehead atoms. The molecule has 0 unspecified atom stereocenters. The van der Waals surface area contributed by atoms with E-state index in [0.29, 0.717) is 0 Å². The fourth-order valence-electron chi connectivity index (χ4n) is 0.636. The number of nitro groups is 2. The molecule has 0 aliphatic heterocycles. The molecule has 0 fully saturated rings. The molecule has 13 heavy (non-hydrogen) atoms. The molecule has 2 radical (unpaired) electrons. The first-order valence-corrected chi connectivity index (χ1v) is 3.74. The first-order chi connectivity index (χ1) is 6.02. The molecule has 0 amide bonds. The van der Waals surface area contributed by atoms with Gasteiger partial charge < -0.3 is 0 Å². The number of non-ortho nitro benzene ring substituents is 1. The summed E-state index contributed by atoms with van der Waals surface area (Å²) in [5, 5.41) is 20.5. The quantitative estimate of drug-likeness (QED) is 0.587. The van der Waals surface area contributed by atoms with E-state index in [1.807, 2.05) is 6.07 Å². The fraction of sp³-hybridized carbons (Fsp3) is 0. The highest BCUT2D eigenvalue weighted by Crippen LogP contribution is 2.27. The second kappa shape index (κ2) is 3.48. The van der Waals surface area contributed by atoms with Crippen LogP contribution in [-0.2, 0) is 0 Å². The maximum atomic E-state index is 10.3. The van der Waals surface area contributed by atoms with Gasteiger partial charge >= 0.3 is 0 Å². The smallest absolute Gasteiger partial charge is 0.258 e. The average molecular weight is 245 g/mol. The molecule has 0 aliphatic rings. The summed E-state index contributed by atoms with van der Waals surface area (Å²) in [7, 11) is 0. The second-order valence-electron chi connectivity index (χ2n) is 1.98. The van der Waals surface area contributed by atoms with E-state index < -0.39 is 21.2 Å². The SMILES string of the molecule is O=[N+]([O-])c1[c]c([N+](=O)[O-])c(Br)[c]c1. The van der Waals surface area contributed by atoms with E-state index >= 15 is 0 Å². The minimum atomic E-state index is -0.770. The van der Waals surface area contributed by atoms with Gasteiger partial charge in [-0.1, -0.05) is 0 Å². The van der Waals surface area contributed by atoms with Crippen LogP contribution in [0.3, 0.4) is 0 Å². The third-order valence-electron chi connectivity index (χ3n) is 1.17. The van der Waals surface area contributed by atoms with Crippen LogP contribution in [0.5, 0.6) is 0 Å². The van der Waals surface area contributed by atoms with E-state index in [0.717, 1.165) is 6.07 Å². The van der Waals surface area contributed by atoms with E-state index in [9.17, 15) is 20.2 Å². The van der Waals surface area contributed by atoms with Crippen molar-refractivity contribution in [1.82, 2.24) is 0 Å². The summed E-state index contributed by atoms with van der Waals surface area (Å²) >= 11 is 2.83. The number of rotatable bonds is 2. The Morgan fingerprint density at radius 1 is 1.31 bits per heavy atom. The molecule has 7 heteroatoms. The molecule has 0 N–H and O–H groups in total. The van der Waals surface area contributed by atoms with Crippen molar-refractivity contribution in [3.8, 4) is 0 Å². The number of benzene rings is 1. The molecule has 1 aromatic rings. The molecular formula is C6HBrN2O4. The van der Waals surface area contributed by atoms with Gasteiger partial charge in [0.05, 0.1) is 9.85 Å². The van der Waals surface area contributed by atoms with Crippen molar-refractivity contribution in [3.63, 3.8) is 0 Å². The molecule has 6 nitrogen and oxygen atoms in total. The van der Waals surface area contributed by atoms with Crippen LogP contribution in [0.25, 0.3) is 0 Å². The van der Waals surface area contributed by atoms with Crippen LogP contribution in [0.4, 0.5) is 11.4 Å².